The summed E-state index contributed by atoms with van der Waals surface area (Å²) in [6.45, 7) is 17.8. The van der Waals surface area contributed by atoms with Gasteiger partial charge in [-0.15, -0.1) is 24.0 Å². The minimum atomic E-state index is 0. The average Bonchev–Trinajstić information content (AvgIpc) is 2.42. The summed E-state index contributed by atoms with van der Waals surface area (Å²) >= 11 is 0. The molecule has 1 atom stereocenters. The molecule has 0 saturated heterocycles. The van der Waals surface area contributed by atoms with Crippen LogP contribution in [0, 0.1) is 20.8 Å². The van der Waals surface area contributed by atoms with Crippen molar-refractivity contribution in [1.82, 2.24) is 0 Å². The van der Waals surface area contributed by atoms with E-state index in [1.165, 1.54) is 57.8 Å². The summed E-state index contributed by atoms with van der Waals surface area (Å²) < 4.78 is 0. The molecule has 0 aromatic carbocycles. The first-order chi connectivity index (χ1) is 8.74. The maximum Gasteiger partial charge on any atom is 0 e. The Labute approximate surface area is 168 Å². The van der Waals surface area contributed by atoms with E-state index in [1.807, 2.05) is 0 Å². The molecule has 0 saturated carbocycles. The van der Waals surface area contributed by atoms with Gasteiger partial charge in [0, 0.05) is 17.1 Å². The van der Waals surface area contributed by atoms with Gasteiger partial charge in [0.05, 0.1) is 0 Å². The molecule has 0 bridgehead atoms. The SMILES string of the molecule is I.P.[CH2-]CCCCC.[CH2-]CCCCC.[CH2-]CCCCC.[Cu]. The zero-order chi connectivity index (χ0) is 14.5. The molecule has 1 unspecified atom stereocenters. The molecule has 0 aromatic rings. The number of rotatable bonds is 9. The van der Waals surface area contributed by atoms with E-state index in [0.717, 1.165) is 19.3 Å². The summed E-state index contributed by atoms with van der Waals surface area (Å²) in [4.78, 5) is 0. The van der Waals surface area contributed by atoms with Crippen LogP contribution in [-0.2, 0) is 17.1 Å². The molecular formula is C18H43CuIP-3. The molecule has 21 heavy (non-hydrogen) atoms. The number of halogens is 1. The Morgan fingerprint density at radius 3 is 0.762 bits per heavy atom. The fraction of sp³-hybridized carbons (Fsp3) is 0.833. The van der Waals surface area contributed by atoms with Crippen molar-refractivity contribution in [2.45, 2.75) is 97.8 Å². The minimum absolute atomic E-state index is 0. The predicted octanol–water partition coefficient (Wildman–Crippen LogP) is 7.88. The summed E-state index contributed by atoms with van der Waals surface area (Å²) in [6, 6.07) is 0. The molecular weight excluding hydrogens is 438 g/mol. The van der Waals surface area contributed by atoms with Gasteiger partial charge in [-0.3, -0.25) is 0 Å². The molecule has 0 aliphatic heterocycles. The third-order valence-corrected chi connectivity index (χ3v) is 2.56. The van der Waals surface area contributed by atoms with Crippen molar-refractivity contribution in [1.29, 1.82) is 0 Å². The van der Waals surface area contributed by atoms with Gasteiger partial charge in [0.1, 0.15) is 0 Å². The van der Waals surface area contributed by atoms with Gasteiger partial charge in [-0.1, -0.05) is 78.6 Å². The molecule has 0 aliphatic rings. The number of unbranched alkanes of at least 4 members (excludes halogenated alkanes) is 9. The van der Waals surface area contributed by atoms with E-state index in [1.54, 1.807) is 0 Å². The van der Waals surface area contributed by atoms with E-state index in [9.17, 15) is 0 Å². The van der Waals surface area contributed by atoms with Crippen LogP contribution in [0.1, 0.15) is 97.8 Å². The smallest absolute Gasteiger partial charge is 0 e. The van der Waals surface area contributed by atoms with Crippen LogP contribution < -0.4 is 0 Å². The Morgan fingerprint density at radius 1 is 0.524 bits per heavy atom. The fourth-order valence-corrected chi connectivity index (χ4v) is 1.28. The summed E-state index contributed by atoms with van der Waals surface area (Å²) in [5.41, 5.74) is 0. The van der Waals surface area contributed by atoms with Gasteiger partial charge in [-0.25, -0.2) is 0 Å². The van der Waals surface area contributed by atoms with Crippen molar-refractivity contribution in [3.05, 3.63) is 20.8 Å². The maximum absolute atomic E-state index is 3.72. The van der Waals surface area contributed by atoms with Crippen molar-refractivity contribution in [3.63, 3.8) is 0 Å². The second-order valence-electron chi connectivity index (χ2n) is 4.68. The van der Waals surface area contributed by atoms with Crippen LogP contribution in [0.4, 0.5) is 0 Å². The number of hydrogen-bond acceptors (Lipinski definition) is 0. The third-order valence-electron chi connectivity index (χ3n) is 2.56. The van der Waals surface area contributed by atoms with Crippen molar-refractivity contribution in [2.24, 2.45) is 0 Å². The van der Waals surface area contributed by atoms with E-state index in [-0.39, 0.29) is 50.9 Å². The van der Waals surface area contributed by atoms with Crippen LogP contribution in [0.5, 0.6) is 0 Å². The average molecular weight is 481 g/mol. The Hall–Kier alpha value is 1.68. The van der Waals surface area contributed by atoms with Crippen LogP contribution in [0.25, 0.3) is 0 Å². The van der Waals surface area contributed by atoms with Gasteiger partial charge in [-0.05, 0) is 0 Å². The maximum atomic E-state index is 3.72. The summed E-state index contributed by atoms with van der Waals surface area (Å²) in [5, 5.41) is 0. The van der Waals surface area contributed by atoms with Gasteiger partial charge in [0.2, 0.25) is 0 Å². The quantitative estimate of drug-likeness (QED) is 0.103. The Bertz CT molecular complexity index is 72.2. The topological polar surface area (TPSA) is 0 Å². The van der Waals surface area contributed by atoms with Crippen molar-refractivity contribution in [3.8, 4) is 0 Å². The second kappa shape index (κ2) is 49.5. The zero-order valence-electron chi connectivity index (χ0n) is 15.0. The molecule has 3 heteroatoms. The molecule has 141 valence electrons. The minimum Gasteiger partial charge on any atom is -0.343 e. The molecule has 0 nitrogen and oxygen atoms in total. The predicted molar refractivity (Wildman–Crippen MR) is 115 cm³/mol. The van der Waals surface area contributed by atoms with E-state index < -0.39 is 0 Å². The zero-order valence-corrected chi connectivity index (χ0v) is 19.7. The summed E-state index contributed by atoms with van der Waals surface area (Å²) in [6.07, 6.45) is 15.2. The van der Waals surface area contributed by atoms with E-state index in [2.05, 4.69) is 41.5 Å². The monoisotopic (exact) mass is 480 g/mol. The van der Waals surface area contributed by atoms with Gasteiger partial charge < -0.3 is 20.8 Å². The molecule has 0 aromatic heterocycles. The van der Waals surface area contributed by atoms with Crippen LogP contribution >= 0.6 is 33.9 Å². The van der Waals surface area contributed by atoms with Crippen LogP contribution in [-0.4, -0.2) is 0 Å². The molecule has 0 N–H and O–H groups in total. The summed E-state index contributed by atoms with van der Waals surface area (Å²) in [7, 11) is 0. The molecule has 0 rings (SSSR count). The van der Waals surface area contributed by atoms with E-state index in [0.29, 0.717) is 0 Å². The Kier molecular flexibility index (Phi) is 90.4. The fourth-order valence-electron chi connectivity index (χ4n) is 1.28. The van der Waals surface area contributed by atoms with Gasteiger partial charge in [0.25, 0.3) is 0 Å². The molecule has 0 spiro atoms. The van der Waals surface area contributed by atoms with E-state index in [4.69, 9.17) is 0 Å². The van der Waals surface area contributed by atoms with Gasteiger partial charge in [0.15, 0.2) is 0 Å². The van der Waals surface area contributed by atoms with Crippen LogP contribution in [0.15, 0.2) is 0 Å². The van der Waals surface area contributed by atoms with Crippen molar-refractivity contribution in [2.75, 3.05) is 0 Å². The Balaban J connectivity index is -0.0000000375. The summed E-state index contributed by atoms with van der Waals surface area (Å²) in [5.74, 6) is 0. The first-order valence-corrected chi connectivity index (χ1v) is 8.12. The molecule has 1 radical (unpaired) electrons. The van der Waals surface area contributed by atoms with Gasteiger partial charge in [-0.2, -0.15) is 29.2 Å². The first kappa shape index (κ1) is 38.3. The number of hydrogen-bond donors (Lipinski definition) is 0. The van der Waals surface area contributed by atoms with Gasteiger partial charge >= 0.3 is 0 Å². The molecule has 0 heterocycles. The largest absolute Gasteiger partial charge is 0.343 e. The Morgan fingerprint density at radius 2 is 0.714 bits per heavy atom. The third kappa shape index (κ3) is 73.6. The molecule has 0 fully saturated rings. The van der Waals surface area contributed by atoms with Crippen LogP contribution in [0.3, 0.4) is 0 Å². The second-order valence-corrected chi connectivity index (χ2v) is 4.68. The van der Waals surface area contributed by atoms with E-state index >= 15 is 0 Å². The van der Waals surface area contributed by atoms with Crippen molar-refractivity contribution < 1.29 is 17.1 Å². The van der Waals surface area contributed by atoms with Crippen LogP contribution in [0.2, 0.25) is 0 Å². The van der Waals surface area contributed by atoms with Crippen molar-refractivity contribution >= 4 is 33.9 Å². The molecule has 0 amide bonds. The molecule has 0 aliphatic carbocycles. The normalized spacial score (nSPS) is 7.71. The standard InChI is InChI=1S/3C6H13.Cu.HI.H3P/c3*1-3-5-6-4-2;;;/h3*1,3-6H2,2H3;;1H;1H3/q3*-1;;;. The first-order valence-electron chi connectivity index (χ1n) is 8.12.